The number of benzene rings is 1. The highest BCUT2D eigenvalue weighted by Gasteiger charge is 2.29. The average Bonchev–Trinajstić information content (AvgIpc) is 3.05. The van der Waals surface area contributed by atoms with Crippen LogP contribution in [0.2, 0.25) is 0 Å². The Morgan fingerprint density at radius 1 is 1.17 bits per heavy atom. The monoisotopic (exact) mass is 340 g/mol. The maximum absolute atomic E-state index is 13.3. The molecule has 2 aliphatic rings. The van der Waals surface area contributed by atoms with Gasteiger partial charge in [0.05, 0.1) is 19.3 Å². The molecule has 1 atom stereocenters. The number of nitrogens with zero attached hydrogens (tertiary/aromatic N) is 1. The molecule has 1 aromatic rings. The molecule has 7 heteroatoms. The number of amides is 1. The molecule has 0 spiro atoms. The van der Waals surface area contributed by atoms with Crippen LogP contribution in [0.3, 0.4) is 0 Å². The largest absolute Gasteiger partial charge is 0.350 e. The summed E-state index contributed by atoms with van der Waals surface area (Å²) >= 11 is 0. The molecule has 2 heterocycles. The van der Waals surface area contributed by atoms with E-state index in [9.17, 15) is 13.6 Å². The van der Waals surface area contributed by atoms with Crippen molar-refractivity contribution in [3.05, 3.63) is 29.8 Å². The molecule has 3 rings (SSSR count). The van der Waals surface area contributed by atoms with Crippen LogP contribution in [0.15, 0.2) is 18.2 Å². The van der Waals surface area contributed by atoms with E-state index in [1.54, 1.807) is 0 Å². The molecule has 0 unspecified atom stereocenters. The van der Waals surface area contributed by atoms with Gasteiger partial charge in [0.25, 0.3) is 0 Å². The molecule has 2 saturated heterocycles. The second-order valence-corrected chi connectivity index (χ2v) is 6.15. The minimum atomic E-state index is -0.707. The zero-order valence-electron chi connectivity index (χ0n) is 13.5. The molecule has 1 amide bonds. The first-order valence-electron chi connectivity index (χ1n) is 8.36. The molecule has 0 aromatic heterocycles. The third-order valence-corrected chi connectivity index (χ3v) is 4.39. The Kier molecular flexibility index (Phi) is 5.76. The Morgan fingerprint density at radius 2 is 1.88 bits per heavy atom. The van der Waals surface area contributed by atoms with E-state index in [1.165, 1.54) is 0 Å². The number of hydrogen-bond donors (Lipinski definition) is 1. The van der Waals surface area contributed by atoms with Crippen LogP contribution in [-0.4, -0.2) is 49.4 Å². The highest BCUT2D eigenvalue weighted by molar-refractivity contribution is 5.94. The highest BCUT2D eigenvalue weighted by atomic mass is 19.1. The number of rotatable bonds is 5. The van der Waals surface area contributed by atoms with E-state index in [4.69, 9.17) is 9.47 Å². The molecule has 5 nitrogen and oxygen atoms in total. The first-order chi connectivity index (χ1) is 11.6. The van der Waals surface area contributed by atoms with Crippen LogP contribution in [0.1, 0.15) is 25.7 Å². The Hall–Kier alpha value is -1.57. The smallest absolute Gasteiger partial charge is 0.241 e. The number of likely N-dealkylation sites (tertiary alicyclic amines) is 1. The van der Waals surface area contributed by atoms with Crippen LogP contribution in [0.25, 0.3) is 0 Å². The number of nitrogens with one attached hydrogen (secondary N) is 1. The lowest BCUT2D eigenvalue weighted by Gasteiger charge is -2.35. The predicted molar refractivity (Wildman–Crippen MR) is 84.5 cm³/mol. The van der Waals surface area contributed by atoms with Crippen LogP contribution in [0.4, 0.5) is 14.5 Å². The number of anilines is 1. The zero-order chi connectivity index (χ0) is 16.9. The van der Waals surface area contributed by atoms with Crippen molar-refractivity contribution < 1.29 is 23.0 Å². The number of hydrogen-bond acceptors (Lipinski definition) is 4. The molecule has 0 aliphatic carbocycles. The van der Waals surface area contributed by atoms with Gasteiger partial charge < -0.3 is 14.8 Å². The normalized spacial score (nSPS) is 22.7. The van der Waals surface area contributed by atoms with E-state index in [1.807, 2.05) is 0 Å². The molecule has 0 radical (unpaired) electrons. The zero-order valence-corrected chi connectivity index (χ0v) is 13.5. The second-order valence-electron chi connectivity index (χ2n) is 6.15. The number of ether oxygens (including phenoxy) is 2. The summed E-state index contributed by atoms with van der Waals surface area (Å²) in [5.74, 6) is -1.64. The van der Waals surface area contributed by atoms with E-state index < -0.39 is 11.6 Å². The van der Waals surface area contributed by atoms with Crippen LogP contribution in [0, 0.1) is 11.6 Å². The number of carbonyl (C=O) groups excluding carboxylic acids is 1. The summed E-state index contributed by atoms with van der Waals surface area (Å²) in [7, 11) is 0. The van der Waals surface area contributed by atoms with Gasteiger partial charge in [0.2, 0.25) is 5.91 Å². The van der Waals surface area contributed by atoms with E-state index in [-0.39, 0.29) is 23.9 Å². The molecule has 2 aliphatic heterocycles. The molecule has 2 fully saturated rings. The van der Waals surface area contributed by atoms with Crippen molar-refractivity contribution in [1.82, 2.24) is 4.90 Å². The molecule has 1 N–H and O–H groups in total. The summed E-state index contributed by atoms with van der Waals surface area (Å²) in [6.45, 7) is 2.74. The van der Waals surface area contributed by atoms with Crippen LogP contribution < -0.4 is 5.32 Å². The molecule has 132 valence electrons. The minimum Gasteiger partial charge on any atom is -0.350 e. The fraction of sp³-hybridized carbons (Fsp3) is 0.588. The van der Waals surface area contributed by atoms with Crippen molar-refractivity contribution in [3.8, 4) is 0 Å². The van der Waals surface area contributed by atoms with Gasteiger partial charge in [0, 0.05) is 24.7 Å². The van der Waals surface area contributed by atoms with Crippen molar-refractivity contribution in [2.45, 2.75) is 38.0 Å². The molecule has 1 aromatic carbocycles. The lowest BCUT2D eigenvalue weighted by Crippen LogP contribution is -2.48. The first-order valence-corrected chi connectivity index (χ1v) is 8.36. The van der Waals surface area contributed by atoms with Crippen LogP contribution in [-0.2, 0) is 14.3 Å². The van der Waals surface area contributed by atoms with E-state index >= 15 is 0 Å². The SMILES string of the molecule is O=C(Nc1cc(F)cc(F)c1)[C@H]1CCCCN1CCC1OCCO1. The summed E-state index contributed by atoms with van der Waals surface area (Å²) in [6.07, 6.45) is 3.23. The van der Waals surface area contributed by atoms with Crippen LogP contribution in [0.5, 0.6) is 0 Å². The Labute approximate surface area is 139 Å². The van der Waals surface area contributed by atoms with Gasteiger partial charge in [-0.05, 0) is 31.5 Å². The van der Waals surface area contributed by atoms with Gasteiger partial charge in [0.1, 0.15) is 11.6 Å². The number of halogens is 2. The third kappa shape index (κ3) is 4.49. The number of piperidine rings is 1. The average molecular weight is 340 g/mol. The van der Waals surface area contributed by atoms with E-state index in [0.717, 1.165) is 44.0 Å². The molecular formula is C17H22F2N2O3. The van der Waals surface area contributed by atoms with Gasteiger partial charge in [-0.1, -0.05) is 6.42 Å². The predicted octanol–water partition coefficient (Wildman–Crippen LogP) is 2.52. The Balaban J connectivity index is 1.59. The minimum absolute atomic E-state index is 0.144. The first kappa shape index (κ1) is 17.3. The molecule has 0 saturated carbocycles. The topological polar surface area (TPSA) is 50.8 Å². The van der Waals surface area contributed by atoms with Crippen LogP contribution >= 0.6 is 0 Å². The summed E-state index contributed by atoms with van der Waals surface area (Å²) in [4.78, 5) is 14.6. The van der Waals surface area contributed by atoms with Crippen molar-refractivity contribution >= 4 is 11.6 Å². The lowest BCUT2D eigenvalue weighted by atomic mass is 10.0. The lowest BCUT2D eigenvalue weighted by molar-refractivity contribution is -0.123. The standard InChI is InChI=1S/C17H22F2N2O3/c18-12-9-13(19)11-14(10-12)20-17(22)15-3-1-2-5-21(15)6-4-16-23-7-8-24-16/h9-11,15-16H,1-8H2,(H,20,22)/t15-/m1/s1. The summed E-state index contributed by atoms with van der Waals surface area (Å²) in [5.41, 5.74) is 0.144. The Morgan fingerprint density at radius 3 is 2.58 bits per heavy atom. The maximum atomic E-state index is 13.3. The fourth-order valence-electron chi connectivity index (χ4n) is 3.25. The molecule has 0 bridgehead atoms. The second kappa shape index (κ2) is 8.00. The Bertz CT molecular complexity index is 559. The summed E-state index contributed by atoms with van der Waals surface area (Å²) < 4.78 is 37.4. The van der Waals surface area contributed by atoms with Crippen molar-refractivity contribution in [1.29, 1.82) is 0 Å². The molecule has 24 heavy (non-hydrogen) atoms. The summed E-state index contributed by atoms with van der Waals surface area (Å²) in [6, 6.07) is 2.72. The van der Waals surface area contributed by atoms with Gasteiger partial charge in [0.15, 0.2) is 6.29 Å². The van der Waals surface area contributed by atoms with Gasteiger partial charge in [-0.2, -0.15) is 0 Å². The third-order valence-electron chi connectivity index (χ3n) is 4.39. The van der Waals surface area contributed by atoms with Crippen molar-refractivity contribution in [3.63, 3.8) is 0 Å². The number of carbonyl (C=O) groups is 1. The van der Waals surface area contributed by atoms with Crippen molar-refractivity contribution in [2.75, 3.05) is 31.6 Å². The van der Waals surface area contributed by atoms with Gasteiger partial charge >= 0.3 is 0 Å². The quantitative estimate of drug-likeness (QED) is 0.895. The highest BCUT2D eigenvalue weighted by Crippen LogP contribution is 2.21. The fourth-order valence-corrected chi connectivity index (χ4v) is 3.25. The van der Waals surface area contributed by atoms with Gasteiger partial charge in [-0.25, -0.2) is 8.78 Å². The molecular weight excluding hydrogens is 318 g/mol. The van der Waals surface area contributed by atoms with E-state index in [0.29, 0.717) is 26.2 Å². The van der Waals surface area contributed by atoms with E-state index in [2.05, 4.69) is 10.2 Å². The summed E-state index contributed by atoms with van der Waals surface area (Å²) in [5, 5.41) is 2.63. The van der Waals surface area contributed by atoms with Gasteiger partial charge in [-0.3, -0.25) is 9.69 Å². The maximum Gasteiger partial charge on any atom is 0.241 e. The van der Waals surface area contributed by atoms with Crippen molar-refractivity contribution in [2.24, 2.45) is 0 Å². The van der Waals surface area contributed by atoms with Gasteiger partial charge in [-0.15, -0.1) is 0 Å².